The molecule has 1 fully saturated rings. The van der Waals surface area contributed by atoms with Crippen molar-refractivity contribution < 1.29 is 4.92 Å². The molecule has 2 aromatic carbocycles. The number of hydrogen-bond acceptors (Lipinski definition) is 5. The number of piperazine rings is 1. The molecule has 4 rings (SSSR count). The monoisotopic (exact) mass is 429 g/mol. The maximum absolute atomic E-state index is 11.2. The van der Waals surface area contributed by atoms with E-state index in [1.807, 2.05) is 24.3 Å². The van der Waals surface area contributed by atoms with E-state index in [1.165, 1.54) is 11.8 Å². The fraction of sp³-hybridized carbons (Fsp3) is 0.320. The highest BCUT2D eigenvalue weighted by atomic mass is 16.6. The molecule has 1 atom stereocenters. The van der Waals surface area contributed by atoms with Crippen molar-refractivity contribution in [3.05, 3.63) is 93.9 Å². The molecule has 0 saturated carbocycles. The molecule has 0 N–H and O–H groups in total. The lowest BCUT2D eigenvalue weighted by atomic mass is 10.0. The Labute approximate surface area is 188 Å². The molecule has 0 spiro atoms. The Balaban J connectivity index is 1.47. The Kier molecular flexibility index (Phi) is 6.95. The van der Waals surface area contributed by atoms with Crippen LogP contribution in [-0.2, 0) is 13.1 Å². The van der Waals surface area contributed by atoms with Crippen LogP contribution in [0.15, 0.2) is 66.9 Å². The van der Waals surface area contributed by atoms with E-state index in [0.717, 1.165) is 38.3 Å². The van der Waals surface area contributed by atoms with E-state index in [1.54, 1.807) is 11.5 Å². The molecule has 1 aliphatic rings. The molecule has 7 nitrogen and oxygen atoms in total. The number of rotatable bonds is 6. The van der Waals surface area contributed by atoms with E-state index < -0.39 is 4.92 Å². The first-order valence-corrected chi connectivity index (χ1v) is 10.8. The Hall–Kier alpha value is -3.47. The number of hydrogen-bond donors (Lipinski definition) is 0. The molecule has 0 amide bonds. The number of imidazole rings is 1. The lowest BCUT2D eigenvalue weighted by Gasteiger charge is -2.37. The van der Waals surface area contributed by atoms with Gasteiger partial charge in [-0.1, -0.05) is 72.5 Å². The number of aryl methyl sites for hydroxylation is 1. The summed E-state index contributed by atoms with van der Waals surface area (Å²) in [4.78, 5) is 19.8. The minimum absolute atomic E-state index is 0.0254. The maximum Gasteiger partial charge on any atom is 0.343 e. The third-order valence-corrected chi connectivity index (χ3v) is 5.83. The molecule has 32 heavy (non-hydrogen) atoms. The molecule has 0 radical (unpaired) electrons. The summed E-state index contributed by atoms with van der Waals surface area (Å²) >= 11 is 0. The Morgan fingerprint density at radius 3 is 2.34 bits per heavy atom. The Morgan fingerprint density at radius 1 is 1.03 bits per heavy atom. The van der Waals surface area contributed by atoms with Crippen LogP contribution in [-0.4, -0.2) is 50.5 Å². The summed E-state index contributed by atoms with van der Waals surface area (Å²) in [6, 6.07) is 20.8. The third kappa shape index (κ3) is 5.22. The van der Waals surface area contributed by atoms with E-state index in [-0.39, 0.29) is 18.4 Å². The van der Waals surface area contributed by atoms with Crippen molar-refractivity contribution >= 4 is 5.82 Å². The minimum Gasteiger partial charge on any atom is -0.358 e. The summed E-state index contributed by atoms with van der Waals surface area (Å²) in [5.74, 6) is 7.14. The molecule has 7 heteroatoms. The molecule has 1 unspecified atom stereocenters. The molecule has 0 aliphatic carbocycles. The maximum atomic E-state index is 11.2. The van der Waals surface area contributed by atoms with Crippen molar-refractivity contribution in [1.29, 1.82) is 0 Å². The van der Waals surface area contributed by atoms with Gasteiger partial charge >= 0.3 is 5.82 Å². The summed E-state index contributed by atoms with van der Waals surface area (Å²) in [5, 5.41) is 11.2. The standard InChI is InChI=1S/C25H27N5O2/c1-21-26-19-25(30(31)32)29(21)14-8-13-24(23-11-6-3-7-12-23)28-17-15-27(16-18-28)20-22-9-4-2-5-10-22/h2-7,9-12,19,24H,14-18,20H2,1H3. The average Bonchev–Trinajstić information content (AvgIpc) is 3.19. The van der Waals surface area contributed by atoms with Gasteiger partial charge in [-0.25, -0.2) is 4.98 Å². The van der Waals surface area contributed by atoms with E-state index in [9.17, 15) is 10.1 Å². The van der Waals surface area contributed by atoms with Crippen LogP contribution in [0.5, 0.6) is 0 Å². The highest BCUT2D eigenvalue weighted by Gasteiger charge is 2.24. The summed E-state index contributed by atoms with van der Waals surface area (Å²) in [6.45, 7) is 6.77. The summed E-state index contributed by atoms with van der Waals surface area (Å²) in [7, 11) is 0. The highest BCUT2D eigenvalue weighted by Crippen LogP contribution is 2.22. The van der Waals surface area contributed by atoms with Gasteiger partial charge in [-0.05, 0) is 16.1 Å². The van der Waals surface area contributed by atoms with Gasteiger partial charge in [0.15, 0.2) is 12.4 Å². The van der Waals surface area contributed by atoms with Gasteiger partial charge in [0.1, 0.15) is 6.20 Å². The van der Waals surface area contributed by atoms with Crippen LogP contribution in [0.1, 0.15) is 23.0 Å². The molecular weight excluding hydrogens is 402 g/mol. The number of nitrogens with zero attached hydrogens (tertiary/aromatic N) is 5. The van der Waals surface area contributed by atoms with Gasteiger partial charge in [0.2, 0.25) is 0 Å². The quantitative estimate of drug-likeness (QED) is 0.340. The molecule has 3 aromatic rings. The van der Waals surface area contributed by atoms with Gasteiger partial charge in [0.25, 0.3) is 0 Å². The second kappa shape index (κ2) is 10.2. The van der Waals surface area contributed by atoms with Gasteiger partial charge in [-0.15, -0.1) is 0 Å². The third-order valence-electron chi connectivity index (χ3n) is 5.83. The highest BCUT2D eigenvalue weighted by molar-refractivity contribution is 5.28. The molecule has 2 heterocycles. The average molecular weight is 430 g/mol. The Bertz CT molecular complexity index is 1090. The number of nitro groups is 1. The lowest BCUT2D eigenvalue weighted by Crippen LogP contribution is -2.47. The smallest absolute Gasteiger partial charge is 0.343 e. The van der Waals surface area contributed by atoms with Crippen LogP contribution < -0.4 is 0 Å². The van der Waals surface area contributed by atoms with Gasteiger partial charge in [-0.2, -0.15) is 4.57 Å². The fourth-order valence-corrected chi connectivity index (χ4v) is 4.06. The van der Waals surface area contributed by atoms with Gasteiger partial charge < -0.3 is 10.1 Å². The van der Waals surface area contributed by atoms with Gasteiger partial charge in [-0.3, -0.25) is 9.80 Å². The first-order chi connectivity index (χ1) is 15.6. The zero-order valence-corrected chi connectivity index (χ0v) is 18.2. The van der Waals surface area contributed by atoms with Gasteiger partial charge in [0.05, 0.1) is 6.04 Å². The number of aromatic nitrogens is 2. The minimum atomic E-state index is -0.414. The molecule has 1 aromatic heterocycles. The van der Waals surface area contributed by atoms with Crippen molar-refractivity contribution in [2.24, 2.45) is 0 Å². The summed E-state index contributed by atoms with van der Waals surface area (Å²) < 4.78 is 1.55. The summed E-state index contributed by atoms with van der Waals surface area (Å²) in [6.07, 6.45) is 1.29. The molecule has 1 aliphatic heterocycles. The summed E-state index contributed by atoms with van der Waals surface area (Å²) in [5.41, 5.74) is 2.48. The van der Waals surface area contributed by atoms with Crippen LogP contribution >= 0.6 is 0 Å². The Morgan fingerprint density at radius 2 is 1.69 bits per heavy atom. The zero-order valence-electron chi connectivity index (χ0n) is 18.2. The van der Waals surface area contributed by atoms with E-state index in [2.05, 4.69) is 63.0 Å². The van der Waals surface area contributed by atoms with Crippen LogP contribution in [0.25, 0.3) is 0 Å². The normalized spacial score (nSPS) is 15.7. The lowest BCUT2D eigenvalue weighted by molar-refractivity contribution is -0.392. The molecule has 1 saturated heterocycles. The van der Waals surface area contributed by atoms with Crippen LogP contribution in [0.2, 0.25) is 0 Å². The van der Waals surface area contributed by atoms with Crippen molar-refractivity contribution in [3.63, 3.8) is 0 Å². The van der Waals surface area contributed by atoms with Crippen LogP contribution in [0.4, 0.5) is 5.82 Å². The van der Waals surface area contributed by atoms with Crippen LogP contribution in [0.3, 0.4) is 0 Å². The van der Waals surface area contributed by atoms with E-state index >= 15 is 0 Å². The number of benzene rings is 2. The van der Waals surface area contributed by atoms with Gasteiger partial charge in [0, 0.05) is 39.6 Å². The van der Waals surface area contributed by atoms with E-state index in [0.29, 0.717) is 5.82 Å². The van der Waals surface area contributed by atoms with Crippen LogP contribution in [0, 0.1) is 28.9 Å². The SMILES string of the molecule is Cc1ncc([N+](=O)[O-])n1CC#CC(c1ccccc1)N1CCN(Cc2ccccc2)CC1. The van der Waals surface area contributed by atoms with Crippen molar-refractivity contribution in [2.75, 3.05) is 26.2 Å². The van der Waals surface area contributed by atoms with Crippen molar-refractivity contribution in [2.45, 2.75) is 26.1 Å². The zero-order chi connectivity index (χ0) is 22.3. The second-order valence-corrected chi connectivity index (χ2v) is 7.94. The predicted octanol–water partition coefficient (Wildman–Crippen LogP) is 3.66. The second-order valence-electron chi connectivity index (χ2n) is 7.94. The topological polar surface area (TPSA) is 67.4 Å². The first-order valence-electron chi connectivity index (χ1n) is 10.8. The predicted molar refractivity (Wildman–Crippen MR) is 124 cm³/mol. The van der Waals surface area contributed by atoms with Crippen molar-refractivity contribution in [3.8, 4) is 11.8 Å². The van der Waals surface area contributed by atoms with Crippen molar-refractivity contribution in [1.82, 2.24) is 19.4 Å². The molecule has 164 valence electrons. The molecule has 0 bridgehead atoms. The fourth-order valence-electron chi connectivity index (χ4n) is 4.06. The first kappa shape index (κ1) is 21.8. The molecular formula is C25H27N5O2. The van der Waals surface area contributed by atoms with E-state index in [4.69, 9.17) is 0 Å². The largest absolute Gasteiger partial charge is 0.358 e.